The number of hydrogen-bond acceptors (Lipinski definition) is 2. The van der Waals surface area contributed by atoms with Gasteiger partial charge in [0.15, 0.2) is 0 Å². The second-order valence-electron chi connectivity index (χ2n) is 21.2. The monoisotopic (exact) mass is 1210 g/mol. The molecule has 0 amide bonds. The number of aromatic nitrogens is 6. The van der Waals surface area contributed by atoms with E-state index in [1.165, 1.54) is 27.1 Å². The van der Waals surface area contributed by atoms with Crippen molar-refractivity contribution >= 4 is 65.4 Å². The van der Waals surface area contributed by atoms with E-state index in [1.807, 2.05) is 41.2 Å². The third kappa shape index (κ3) is 7.91. The summed E-state index contributed by atoms with van der Waals surface area (Å²) in [4.78, 5) is 5.26. The molecule has 15 aromatic rings. The van der Waals surface area contributed by atoms with Gasteiger partial charge in [0.2, 0.25) is 0 Å². The van der Waals surface area contributed by atoms with Gasteiger partial charge < -0.3 is 23.0 Å². The molecule has 5 aromatic heterocycles. The molecule has 7 nitrogen and oxygen atoms in total. The number of rotatable bonds is 9. The van der Waals surface area contributed by atoms with Crippen LogP contribution in [0.25, 0.3) is 116 Å². The third-order valence-electron chi connectivity index (χ3n) is 15.4. The van der Waals surface area contributed by atoms with E-state index in [-0.39, 0.29) is 26.5 Å². The Morgan fingerprint density at radius 1 is 0.475 bits per heavy atom. The number of pyridine rings is 1. The number of para-hydroxylation sites is 5. The van der Waals surface area contributed by atoms with Gasteiger partial charge in [-0.2, -0.15) is 18.2 Å². The van der Waals surface area contributed by atoms with Gasteiger partial charge in [0.05, 0.1) is 33.3 Å². The molecule has 0 N–H and O–H groups in total. The Hall–Kier alpha value is -9.55. The summed E-state index contributed by atoms with van der Waals surface area (Å²) in [6.45, 7) is 6.76. The largest absolute Gasteiger partial charge is 0.510 e. The van der Waals surface area contributed by atoms with Gasteiger partial charge in [-0.25, -0.2) is 4.98 Å². The first-order chi connectivity index (χ1) is 38.9. The molecule has 386 valence electrons. The molecule has 5 heterocycles. The molecule has 8 heteroatoms. The molecule has 0 fully saturated rings. The first-order valence-electron chi connectivity index (χ1n) is 26.8. The van der Waals surface area contributed by atoms with E-state index in [4.69, 9.17) is 9.72 Å². The minimum absolute atomic E-state index is 0. The zero-order valence-corrected chi connectivity index (χ0v) is 46.4. The first kappa shape index (κ1) is 48.8. The fourth-order valence-electron chi connectivity index (χ4n) is 11.9. The number of imidazole rings is 1. The number of benzene rings is 10. The van der Waals surface area contributed by atoms with Crippen molar-refractivity contribution in [3.05, 3.63) is 273 Å². The Balaban J connectivity index is 0.00000577. The summed E-state index contributed by atoms with van der Waals surface area (Å²) in [5, 5.41) is 6.84. The van der Waals surface area contributed by atoms with E-state index in [9.17, 15) is 0 Å². The summed E-state index contributed by atoms with van der Waals surface area (Å²) in [6, 6.07) is 88.8. The summed E-state index contributed by atoms with van der Waals surface area (Å²) >= 11 is 0. The van der Waals surface area contributed by atoms with Gasteiger partial charge in [0.1, 0.15) is 5.82 Å². The summed E-state index contributed by atoms with van der Waals surface area (Å²) < 4.78 is 18.2. The molecule has 0 aliphatic heterocycles. The normalized spacial score (nSPS) is 11.8. The number of hydrogen-bond donors (Lipinski definition) is 0. The molecule has 0 spiro atoms. The minimum Gasteiger partial charge on any atom is -0.510 e. The van der Waals surface area contributed by atoms with Gasteiger partial charge in [-0.15, -0.1) is 24.3 Å². The molecular weight excluding hydrogens is 1160 g/mol. The smallest absolute Gasteiger partial charge is 0.267 e. The van der Waals surface area contributed by atoms with Gasteiger partial charge in [0.25, 0.3) is 6.33 Å². The average Bonchev–Trinajstić information content (AvgIpc) is 4.46. The SMILES string of the molecule is CC(C)(C)c1ccnc(-n2c3[c-]c(Oc4[c-]c(-[n+]5[c-]n(-c6c(-c7ccccc7)cccc6-c6ccccc6)cc5)ccc4)ccc3c3c2c2c(c4ccccc4n2-c2ccccc2)c2c4ccccc4n(-c4ccccc4)c23)c1.[Pt]. The fourth-order valence-corrected chi connectivity index (χ4v) is 11.9. The average molecular weight is 1210 g/mol. The number of ether oxygens (including phenoxy) is 1. The zero-order valence-electron chi connectivity index (χ0n) is 44.1. The molecule has 0 bridgehead atoms. The Morgan fingerprint density at radius 2 is 1.01 bits per heavy atom. The van der Waals surface area contributed by atoms with Crippen molar-refractivity contribution in [2.24, 2.45) is 0 Å². The molecule has 10 aromatic carbocycles. The van der Waals surface area contributed by atoms with Crippen LogP contribution in [-0.2, 0) is 26.5 Å². The van der Waals surface area contributed by atoms with E-state index in [0.717, 1.165) is 94.7 Å². The van der Waals surface area contributed by atoms with Crippen LogP contribution in [0.3, 0.4) is 0 Å². The standard InChI is InChI=1S/C72H50N6O.Pt/c1-72(2,3)50-40-41-73-64(44-50)78-63-46-55(79-54-31-20-30-53(45-54)74-42-43-75(47-74)68-56(48-22-8-4-9-23-48)34-21-35-57(68)49-24-10-5-11-25-49)38-39-60(63)67-69-65(58-32-16-18-36-61(58)76(69)51-26-12-6-13-27-51)66-59-33-17-19-37-62(59)77(70(66)71(67)78)52-28-14-7-15-29-52;/h4-44H,1-3H3;/q-2;. The molecule has 0 radical (unpaired) electrons. The van der Waals surface area contributed by atoms with Gasteiger partial charge in [-0.1, -0.05) is 183 Å². The Labute approximate surface area is 477 Å². The fraction of sp³-hybridized carbons (Fsp3) is 0.0556. The van der Waals surface area contributed by atoms with Crippen LogP contribution in [0.15, 0.2) is 249 Å². The van der Waals surface area contributed by atoms with E-state index in [1.54, 1.807) is 0 Å². The maximum Gasteiger partial charge on any atom is 0.267 e. The topological polar surface area (TPSA) is 45.7 Å². The van der Waals surface area contributed by atoms with Crippen LogP contribution >= 0.6 is 0 Å². The predicted molar refractivity (Wildman–Crippen MR) is 321 cm³/mol. The van der Waals surface area contributed by atoms with Crippen molar-refractivity contribution in [2.75, 3.05) is 0 Å². The van der Waals surface area contributed by atoms with Gasteiger partial charge in [0, 0.05) is 84.1 Å². The second kappa shape index (κ2) is 19.4. The quantitative estimate of drug-likeness (QED) is 0.107. The third-order valence-corrected chi connectivity index (χ3v) is 15.4. The molecule has 80 heavy (non-hydrogen) atoms. The maximum absolute atomic E-state index is 6.93. The van der Waals surface area contributed by atoms with Crippen molar-refractivity contribution < 1.29 is 30.4 Å². The van der Waals surface area contributed by atoms with E-state index in [0.29, 0.717) is 11.5 Å². The zero-order chi connectivity index (χ0) is 52.8. The molecule has 0 saturated heterocycles. The molecule has 0 aliphatic rings. The van der Waals surface area contributed by atoms with E-state index in [2.05, 4.69) is 270 Å². The van der Waals surface area contributed by atoms with Crippen LogP contribution < -0.4 is 9.30 Å². The molecule has 0 unspecified atom stereocenters. The first-order valence-corrected chi connectivity index (χ1v) is 26.8. The summed E-state index contributed by atoms with van der Waals surface area (Å²) in [5.74, 6) is 1.89. The molecule has 0 saturated carbocycles. The molecule has 15 rings (SSSR count). The Bertz CT molecular complexity index is 4780. The minimum atomic E-state index is -0.150. The van der Waals surface area contributed by atoms with Gasteiger partial charge >= 0.3 is 0 Å². The van der Waals surface area contributed by atoms with Crippen LogP contribution in [0.2, 0.25) is 0 Å². The van der Waals surface area contributed by atoms with E-state index < -0.39 is 0 Å². The van der Waals surface area contributed by atoms with Crippen LogP contribution in [0.1, 0.15) is 26.3 Å². The van der Waals surface area contributed by atoms with Crippen molar-refractivity contribution in [2.45, 2.75) is 26.2 Å². The van der Waals surface area contributed by atoms with Crippen LogP contribution in [0.4, 0.5) is 0 Å². The number of nitrogens with zero attached hydrogens (tertiary/aromatic N) is 6. The summed E-state index contributed by atoms with van der Waals surface area (Å²) in [6.07, 6.45) is 9.67. The molecule has 0 atom stereocenters. The molecular formula is C72H50N6OPt-2. The predicted octanol–water partition coefficient (Wildman–Crippen LogP) is 17.3. The molecule has 0 aliphatic carbocycles. The van der Waals surface area contributed by atoms with Crippen molar-refractivity contribution in [1.82, 2.24) is 23.3 Å². The van der Waals surface area contributed by atoms with Gasteiger partial charge in [-0.3, -0.25) is 4.57 Å². The van der Waals surface area contributed by atoms with Crippen molar-refractivity contribution in [1.29, 1.82) is 0 Å². The van der Waals surface area contributed by atoms with Crippen molar-refractivity contribution in [3.63, 3.8) is 0 Å². The second-order valence-corrected chi connectivity index (χ2v) is 21.2. The Kier molecular flexibility index (Phi) is 11.8. The van der Waals surface area contributed by atoms with Gasteiger partial charge in [-0.05, 0) is 92.8 Å². The maximum atomic E-state index is 6.93. The van der Waals surface area contributed by atoms with Crippen LogP contribution in [0, 0.1) is 18.5 Å². The number of fused-ring (bicyclic) bond motifs is 12. The summed E-state index contributed by atoms with van der Waals surface area (Å²) in [7, 11) is 0. The Morgan fingerprint density at radius 3 is 1.64 bits per heavy atom. The van der Waals surface area contributed by atoms with Crippen molar-refractivity contribution in [3.8, 4) is 62.3 Å². The van der Waals surface area contributed by atoms with Crippen LogP contribution in [0.5, 0.6) is 11.5 Å². The van der Waals surface area contributed by atoms with Crippen LogP contribution in [-0.4, -0.2) is 23.3 Å². The van der Waals surface area contributed by atoms with E-state index >= 15 is 0 Å². The summed E-state index contributed by atoms with van der Waals surface area (Å²) in [5.41, 5.74) is 15.8.